The van der Waals surface area contributed by atoms with Gasteiger partial charge in [-0.25, -0.2) is 9.50 Å². The average molecular weight is 420 g/mol. The van der Waals surface area contributed by atoms with Crippen molar-refractivity contribution in [3.05, 3.63) is 58.5 Å². The molecule has 1 aliphatic heterocycles. The lowest BCUT2D eigenvalue weighted by atomic mass is 10.1. The van der Waals surface area contributed by atoms with Crippen LogP contribution in [0.4, 0.5) is 5.69 Å². The van der Waals surface area contributed by atoms with Crippen molar-refractivity contribution in [2.45, 2.75) is 59.4 Å². The number of fused-ring (bicyclic) bond motifs is 1. The molecule has 1 fully saturated rings. The number of hydrogen-bond acceptors (Lipinski definition) is 4. The fourth-order valence-electron chi connectivity index (χ4n) is 4.55. The van der Waals surface area contributed by atoms with E-state index in [4.69, 9.17) is 0 Å². The molecule has 0 unspecified atom stereocenters. The molecule has 3 heterocycles. The van der Waals surface area contributed by atoms with E-state index in [2.05, 4.69) is 46.2 Å². The number of aryl methyl sites for hydroxylation is 3. The Kier molecular flexibility index (Phi) is 6.25. The second-order valence-electron chi connectivity index (χ2n) is 8.78. The van der Waals surface area contributed by atoms with Gasteiger partial charge in [0.1, 0.15) is 0 Å². The van der Waals surface area contributed by atoms with E-state index in [1.807, 2.05) is 36.4 Å². The highest BCUT2D eigenvalue weighted by atomic mass is 16.2. The molecular weight excluding hydrogens is 386 g/mol. The lowest BCUT2D eigenvalue weighted by Gasteiger charge is -2.29. The van der Waals surface area contributed by atoms with Crippen LogP contribution in [0.25, 0.3) is 5.65 Å². The van der Waals surface area contributed by atoms with Gasteiger partial charge >= 0.3 is 0 Å². The molecule has 2 aromatic heterocycles. The van der Waals surface area contributed by atoms with Gasteiger partial charge in [0, 0.05) is 56.2 Å². The van der Waals surface area contributed by atoms with Gasteiger partial charge in [-0.1, -0.05) is 12.1 Å². The van der Waals surface area contributed by atoms with Gasteiger partial charge in [0.15, 0.2) is 5.65 Å². The Labute approximate surface area is 184 Å². The first-order valence-corrected chi connectivity index (χ1v) is 11.3. The van der Waals surface area contributed by atoms with Gasteiger partial charge in [-0.05, 0) is 69.7 Å². The van der Waals surface area contributed by atoms with Gasteiger partial charge < -0.3 is 9.80 Å². The molecule has 6 heteroatoms. The van der Waals surface area contributed by atoms with Gasteiger partial charge in [-0.3, -0.25) is 4.79 Å². The number of aromatic nitrogens is 3. The Morgan fingerprint density at radius 1 is 1.06 bits per heavy atom. The first kappa shape index (κ1) is 21.3. The molecule has 1 aromatic carbocycles. The highest BCUT2D eigenvalue weighted by molar-refractivity contribution is 5.76. The summed E-state index contributed by atoms with van der Waals surface area (Å²) >= 11 is 0. The van der Waals surface area contributed by atoms with Crippen molar-refractivity contribution in [3.63, 3.8) is 0 Å². The van der Waals surface area contributed by atoms with E-state index in [-0.39, 0.29) is 5.91 Å². The lowest BCUT2D eigenvalue weighted by molar-refractivity contribution is -0.130. The van der Waals surface area contributed by atoms with Crippen molar-refractivity contribution in [3.8, 4) is 0 Å². The summed E-state index contributed by atoms with van der Waals surface area (Å²) in [6, 6.07) is 10.7. The van der Waals surface area contributed by atoms with Gasteiger partial charge in [-0.15, -0.1) is 0 Å². The maximum atomic E-state index is 12.8. The molecule has 0 aliphatic carbocycles. The standard InChI is InChI=1S/C25H33N5O/c1-18-16-24-26-19(2)23(20(3)30(24)27-18)12-13-25(31)28(4)17-21-8-10-22(11-9-21)29-14-6-5-7-15-29/h8-11,16H,5-7,12-15,17H2,1-4H3. The number of hydrogen-bond donors (Lipinski definition) is 0. The number of amides is 1. The molecule has 0 saturated carbocycles. The molecule has 3 aromatic rings. The zero-order valence-electron chi connectivity index (χ0n) is 19.2. The number of rotatable bonds is 6. The maximum Gasteiger partial charge on any atom is 0.222 e. The van der Waals surface area contributed by atoms with Crippen LogP contribution in [0.1, 0.15) is 53.9 Å². The van der Waals surface area contributed by atoms with E-state index >= 15 is 0 Å². The third kappa shape index (κ3) is 4.73. The van der Waals surface area contributed by atoms with Gasteiger partial charge in [0.25, 0.3) is 0 Å². The Morgan fingerprint density at radius 2 is 1.77 bits per heavy atom. The molecular formula is C25H33N5O. The number of carbonyl (C=O) groups is 1. The highest BCUT2D eigenvalue weighted by Gasteiger charge is 2.16. The Balaban J connectivity index is 1.36. The molecule has 0 spiro atoms. The third-order valence-corrected chi connectivity index (χ3v) is 6.38. The van der Waals surface area contributed by atoms with Crippen LogP contribution in [0, 0.1) is 20.8 Å². The topological polar surface area (TPSA) is 53.7 Å². The van der Waals surface area contributed by atoms with Crippen molar-refractivity contribution in [1.82, 2.24) is 19.5 Å². The normalized spacial score (nSPS) is 14.3. The van der Waals surface area contributed by atoms with Crippen molar-refractivity contribution >= 4 is 17.2 Å². The van der Waals surface area contributed by atoms with E-state index in [9.17, 15) is 4.79 Å². The van der Waals surface area contributed by atoms with E-state index in [0.717, 1.165) is 41.4 Å². The summed E-state index contributed by atoms with van der Waals surface area (Å²) in [4.78, 5) is 21.7. The smallest absolute Gasteiger partial charge is 0.222 e. The molecule has 4 rings (SSSR count). The van der Waals surface area contributed by atoms with Gasteiger partial charge in [-0.2, -0.15) is 5.10 Å². The molecule has 1 saturated heterocycles. The van der Waals surface area contributed by atoms with Crippen LogP contribution >= 0.6 is 0 Å². The van der Waals surface area contributed by atoms with E-state index < -0.39 is 0 Å². The highest BCUT2D eigenvalue weighted by Crippen LogP contribution is 2.21. The zero-order valence-corrected chi connectivity index (χ0v) is 19.2. The summed E-state index contributed by atoms with van der Waals surface area (Å²) in [5.74, 6) is 0.149. The van der Waals surface area contributed by atoms with Crippen LogP contribution in [-0.4, -0.2) is 45.5 Å². The molecule has 1 amide bonds. The van der Waals surface area contributed by atoms with E-state index in [0.29, 0.717) is 19.4 Å². The van der Waals surface area contributed by atoms with Gasteiger partial charge in [0.2, 0.25) is 5.91 Å². The molecule has 0 bridgehead atoms. The van der Waals surface area contributed by atoms with E-state index in [1.54, 1.807) is 0 Å². The zero-order chi connectivity index (χ0) is 22.0. The number of nitrogens with zero attached hydrogens (tertiary/aromatic N) is 5. The van der Waals surface area contributed by atoms with Crippen molar-refractivity contribution in [2.75, 3.05) is 25.0 Å². The van der Waals surface area contributed by atoms with Crippen LogP contribution in [0.3, 0.4) is 0 Å². The van der Waals surface area contributed by atoms with Crippen LogP contribution < -0.4 is 4.90 Å². The molecule has 0 N–H and O–H groups in total. The SMILES string of the molecule is Cc1cc2nc(C)c(CCC(=O)N(C)Cc3ccc(N4CCCCC4)cc3)c(C)n2n1. The largest absolute Gasteiger partial charge is 0.372 e. The van der Waals surface area contributed by atoms with Crippen LogP contribution in [-0.2, 0) is 17.8 Å². The minimum Gasteiger partial charge on any atom is -0.372 e. The minimum absolute atomic E-state index is 0.149. The molecule has 164 valence electrons. The summed E-state index contributed by atoms with van der Waals surface area (Å²) < 4.78 is 1.88. The van der Waals surface area contributed by atoms with Crippen LogP contribution in [0.2, 0.25) is 0 Å². The summed E-state index contributed by atoms with van der Waals surface area (Å²) in [5.41, 5.74) is 7.44. The predicted octanol–water partition coefficient (Wildman–Crippen LogP) is 4.24. The molecule has 31 heavy (non-hydrogen) atoms. The first-order chi connectivity index (χ1) is 14.9. The Hall–Kier alpha value is -2.89. The Morgan fingerprint density at radius 3 is 2.48 bits per heavy atom. The number of carbonyl (C=O) groups excluding carboxylic acids is 1. The second-order valence-corrected chi connectivity index (χ2v) is 8.78. The van der Waals surface area contributed by atoms with E-state index in [1.165, 1.54) is 30.5 Å². The summed E-state index contributed by atoms with van der Waals surface area (Å²) in [6.45, 7) is 8.97. The van der Waals surface area contributed by atoms with Crippen LogP contribution in [0.5, 0.6) is 0 Å². The summed E-state index contributed by atoms with van der Waals surface area (Å²) in [5, 5.41) is 4.53. The second kappa shape index (κ2) is 9.08. The minimum atomic E-state index is 0.149. The fourth-order valence-corrected chi connectivity index (χ4v) is 4.55. The summed E-state index contributed by atoms with van der Waals surface area (Å²) in [6.07, 6.45) is 5.04. The van der Waals surface area contributed by atoms with Crippen molar-refractivity contribution in [1.29, 1.82) is 0 Å². The fraction of sp³-hybridized carbons (Fsp3) is 0.480. The van der Waals surface area contributed by atoms with Crippen molar-refractivity contribution < 1.29 is 4.79 Å². The third-order valence-electron chi connectivity index (χ3n) is 6.38. The first-order valence-electron chi connectivity index (χ1n) is 11.3. The van der Waals surface area contributed by atoms with Crippen molar-refractivity contribution in [2.24, 2.45) is 0 Å². The number of anilines is 1. The Bertz CT molecular complexity index is 1060. The molecule has 1 aliphatic rings. The monoisotopic (exact) mass is 419 g/mol. The number of benzene rings is 1. The predicted molar refractivity (Wildman–Crippen MR) is 124 cm³/mol. The molecule has 6 nitrogen and oxygen atoms in total. The molecule has 0 atom stereocenters. The molecule has 0 radical (unpaired) electrons. The lowest BCUT2D eigenvalue weighted by Crippen LogP contribution is -2.29. The average Bonchev–Trinajstić information content (AvgIpc) is 3.14. The summed E-state index contributed by atoms with van der Waals surface area (Å²) in [7, 11) is 1.89. The maximum absolute atomic E-state index is 12.8. The van der Waals surface area contributed by atoms with Gasteiger partial charge in [0.05, 0.1) is 5.69 Å². The quantitative estimate of drug-likeness (QED) is 0.600. The van der Waals surface area contributed by atoms with Crippen LogP contribution in [0.15, 0.2) is 30.3 Å². The number of piperidine rings is 1.